The van der Waals surface area contributed by atoms with E-state index in [-0.39, 0.29) is 12.5 Å². The van der Waals surface area contributed by atoms with E-state index in [9.17, 15) is 4.79 Å². The summed E-state index contributed by atoms with van der Waals surface area (Å²) in [4.78, 5) is 18.8. The molecule has 7 nitrogen and oxygen atoms in total. The number of carbonyl (C=O) groups excluding carboxylic acids is 1. The summed E-state index contributed by atoms with van der Waals surface area (Å²) in [6.07, 6.45) is 0.896. The van der Waals surface area contributed by atoms with Crippen molar-refractivity contribution in [3.8, 4) is 0 Å². The number of fused-ring (bicyclic) bond motifs is 1. The van der Waals surface area contributed by atoms with Gasteiger partial charge < -0.3 is 20.1 Å². The minimum Gasteiger partial charge on any atom is -0.359 e. The lowest BCUT2D eigenvalue weighted by atomic mass is 10.1. The second-order valence-electron chi connectivity index (χ2n) is 6.85. The molecule has 0 spiro atoms. The number of nitrogens with one attached hydrogen (secondary N) is 2. The number of hydrogen-bond donors (Lipinski definition) is 2. The van der Waals surface area contributed by atoms with Gasteiger partial charge in [-0.25, -0.2) is 4.99 Å². The topological polar surface area (TPSA) is 82.8 Å². The van der Waals surface area contributed by atoms with Crippen LogP contribution in [0, 0.1) is 0 Å². The molecule has 1 aromatic heterocycles. The maximum absolute atomic E-state index is 12.6. The van der Waals surface area contributed by atoms with Crippen LogP contribution in [-0.4, -0.2) is 36.7 Å². The number of aromatic nitrogens is 1. The molecule has 0 unspecified atom stereocenters. The van der Waals surface area contributed by atoms with Gasteiger partial charge in [-0.1, -0.05) is 37.2 Å². The van der Waals surface area contributed by atoms with Gasteiger partial charge in [0.2, 0.25) is 5.91 Å². The van der Waals surface area contributed by atoms with E-state index >= 15 is 0 Å². The van der Waals surface area contributed by atoms with E-state index in [1.807, 2.05) is 36.1 Å². The molecule has 3 rings (SSSR count). The van der Waals surface area contributed by atoms with Crippen LogP contribution in [0.2, 0.25) is 0 Å². The third kappa shape index (κ3) is 4.67. The standard InChI is InChI=1S/C20H27N5O2/c1-4-21-20(22-12-16-11-17(14(2)3)24-27-16)23-13-19(26)25-10-9-15-7-5-6-8-18(15)25/h5-8,11,14H,4,9-10,12-13H2,1-3H3,(H2,21,22,23). The van der Waals surface area contributed by atoms with Gasteiger partial charge in [0, 0.05) is 24.8 Å². The van der Waals surface area contributed by atoms with Crippen molar-refractivity contribution in [1.82, 2.24) is 15.8 Å². The number of anilines is 1. The second-order valence-corrected chi connectivity index (χ2v) is 6.85. The fourth-order valence-corrected chi connectivity index (χ4v) is 3.03. The number of amides is 1. The van der Waals surface area contributed by atoms with E-state index in [0.29, 0.717) is 31.5 Å². The lowest BCUT2D eigenvalue weighted by Crippen LogP contribution is -2.38. The third-order valence-corrected chi connectivity index (χ3v) is 4.50. The fourth-order valence-electron chi connectivity index (χ4n) is 3.03. The number of aliphatic imine (C=N–C) groups is 1. The Balaban J connectivity index is 1.59. The summed E-state index contributed by atoms with van der Waals surface area (Å²) in [5.41, 5.74) is 3.14. The molecule has 144 valence electrons. The van der Waals surface area contributed by atoms with Crippen LogP contribution in [0.3, 0.4) is 0 Å². The first-order chi connectivity index (χ1) is 13.1. The Labute approximate surface area is 159 Å². The van der Waals surface area contributed by atoms with Crippen molar-refractivity contribution >= 4 is 17.6 Å². The highest BCUT2D eigenvalue weighted by molar-refractivity contribution is 5.98. The molecule has 0 saturated heterocycles. The summed E-state index contributed by atoms with van der Waals surface area (Å²) in [5.74, 6) is 1.65. The van der Waals surface area contributed by atoms with Crippen LogP contribution in [0.5, 0.6) is 0 Å². The summed E-state index contributed by atoms with van der Waals surface area (Å²) in [5, 5.41) is 10.4. The Kier molecular flexibility index (Phi) is 6.11. The van der Waals surface area contributed by atoms with Gasteiger partial charge in [0.1, 0.15) is 6.54 Å². The van der Waals surface area contributed by atoms with Crippen LogP contribution in [0.15, 0.2) is 39.8 Å². The number of nitrogens with zero attached hydrogens (tertiary/aromatic N) is 3. The zero-order chi connectivity index (χ0) is 19.2. The Morgan fingerprint density at radius 2 is 2.15 bits per heavy atom. The third-order valence-electron chi connectivity index (χ3n) is 4.50. The van der Waals surface area contributed by atoms with Crippen LogP contribution < -0.4 is 15.5 Å². The molecule has 27 heavy (non-hydrogen) atoms. The van der Waals surface area contributed by atoms with Gasteiger partial charge in [0.15, 0.2) is 11.7 Å². The number of para-hydroxylation sites is 1. The molecule has 0 atom stereocenters. The van der Waals surface area contributed by atoms with Crippen molar-refractivity contribution in [2.45, 2.75) is 39.7 Å². The normalized spacial score (nSPS) is 13.8. The highest BCUT2D eigenvalue weighted by Crippen LogP contribution is 2.27. The van der Waals surface area contributed by atoms with E-state index in [1.54, 1.807) is 0 Å². The van der Waals surface area contributed by atoms with Crippen molar-refractivity contribution in [3.63, 3.8) is 0 Å². The van der Waals surface area contributed by atoms with Crippen LogP contribution in [0.4, 0.5) is 5.69 Å². The minimum atomic E-state index is -0.00101. The molecule has 0 radical (unpaired) electrons. The van der Waals surface area contributed by atoms with Gasteiger partial charge in [0.05, 0.1) is 12.2 Å². The highest BCUT2D eigenvalue weighted by Gasteiger charge is 2.23. The molecule has 7 heteroatoms. The fraction of sp³-hybridized carbons (Fsp3) is 0.450. The van der Waals surface area contributed by atoms with Gasteiger partial charge in [-0.05, 0) is 30.9 Å². The lowest BCUT2D eigenvalue weighted by molar-refractivity contribution is -0.117. The van der Waals surface area contributed by atoms with Crippen molar-refractivity contribution < 1.29 is 9.32 Å². The first kappa shape index (κ1) is 18.9. The molecule has 0 fully saturated rings. The monoisotopic (exact) mass is 369 g/mol. The van der Waals surface area contributed by atoms with Gasteiger partial charge in [-0.2, -0.15) is 0 Å². The summed E-state index contributed by atoms with van der Waals surface area (Å²) in [6, 6.07) is 9.96. The molecule has 0 bridgehead atoms. The Morgan fingerprint density at radius 3 is 2.89 bits per heavy atom. The molecule has 1 aliphatic rings. The minimum absolute atomic E-state index is 0.00101. The number of carbonyl (C=O) groups is 1. The molecule has 2 heterocycles. The van der Waals surface area contributed by atoms with Crippen molar-refractivity contribution in [2.75, 3.05) is 24.5 Å². The summed E-state index contributed by atoms with van der Waals surface area (Å²) < 4.78 is 5.33. The Morgan fingerprint density at radius 1 is 1.33 bits per heavy atom. The second kappa shape index (κ2) is 8.70. The van der Waals surface area contributed by atoms with Crippen LogP contribution in [0.1, 0.15) is 43.7 Å². The van der Waals surface area contributed by atoms with Crippen LogP contribution in [-0.2, 0) is 17.8 Å². The van der Waals surface area contributed by atoms with E-state index in [4.69, 9.17) is 4.52 Å². The van der Waals surface area contributed by atoms with Gasteiger partial charge in [-0.15, -0.1) is 0 Å². The maximum atomic E-state index is 12.6. The highest BCUT2D eigenvalue weighted by atomic mass is 16.5. The summed E-state index contributed by atoms with van der Waals surface area (Å²) in [7, 11) is 0. The molecule has 2 aromatic rings. The first-order valence-corrected chi connectivity index (χ1v) is 9.44. The van der Waals surface area contributed by atoms with Crippen LogP contribution in [0.25, 0.3) is 0 Å². The molecule has 1 amide bonds. The van der Waals surface area contributed by atoms with Gasteiger partial charge >= 0.3 is 0 Å². The predicted molar refractivity (Wildman–Crippen MR) is 106 cm³/mol. The largest absolute Gasteiger partial charge is 0.359 e. The number of hydrogen-bond acceptors (Lipinski definition) is 4. The number of guanidine groups is 1. The summed E-state index contributed by atoms with van der Waals surface area (Å²) >= 11 is 0. The number of rotatable bonds is 6. The van der Waals surface area contributed by atoms with Crippen LogP contribution >= 0.6 is 0 Å². The SMILES string of the molecule is CCNC(=NCC(=O)N1CCc2ccccc21)NCc1cc(C(C)C)no1. The zero-order valence-corrected chi connectivity index (χ0v) is 16.2. The van der Waals surface area contributed by atoms with Crippen molar-refractivity contribution in [1.29, 1.82) is 0 Å². The predicted octanol–water partition coefficient (Wildman–Crippen LogP) is 2.44. The van der Waals surface area contributed by atoms with E-state index in [2.05, 4.69) is 40.7 Å². The van der Waals surface area contributed by atoms with E-state index < -0.39 is 0 Å². The zero-order valence-electron chi connectivity index (χ0n) is 16.2. The molecule has 1 aliphatic heterocycles. The van der Waals surface area contributed by atoms with Crippen molar-refractivity contribution in [2.24, 2.45) is 4.99 Å². The maximum Gasteiger partial charge on any atom is 0.248 e. The quantitative estimate of drug-likeness (QED) is 0.604. The molecule has 2 N–H and O–H groups in total. The summed E-state index contributed by atoms with van der Waals surface area (Å²) in [6.45, 7) is 8.12. The molecule has 0 saturated carbocycles. The molecular weight excluding hydrogens is 342 g/mol. The van der Waals surface area contributed by atoms with E-state index in [1.165, 1.54) is 5.56 Å². The number of benzene rings is 1. The lowest BCUT2D eigenvalue weighted by Gasteiger charge is -2.16. The first-order valence-electron chi connectivity index (χ1n) is 9.44. The smallest absolute Gasteiger partial charge is 0.248 e. The molecule has 1 aromatic carbocycles. The van der Waals surface area contributed by atoms with Gasteiger partial charge in [-0.3, -0.25) is 4.79 Å². The average molecular weight is 369 g/mol. The Bertz CT molecular complexity index is 812. The van der Waals surface area contributed by atoms with Gasteiger partial charge in [0.25, 0.3) is 0 Å². The van der Waals surface area contributed by atoms with E-state index in [0.717, 1.165) is 23.6 Å². The Hall–Kier alpha value is -2.83. The molecule has 0 aliphatic carbocycles. The van der Waals surface area contributed by atoms with Crippen molar-refractivity contribution in [3.05, 3.63) is 47.3 Å². The molecular formula is C20H27N5O2. The average Bonchev–Trinajstić information content (AvgIpc) is 3.30.